The van der Waals surface area contributed by atoms with Crippen LogP contribution >= 0.6 is 0 Å². The molecule has 0 amide bonds. The van der Waals surface area contributed by atoms with Crippen molar-refractivity contribution in [3.63, 3.8) is 0 Å². The van der Waals surface area contributed by atoms with Gasteiger partial charge >= 0.3 is 0 Å². The molecule has 92 valence electrons. The van der Waals surface area contributed by atoms with E-state index in [1.165, 1.54) is 6.20 Å². The summed E-state index contributed by atoms with van der Waals surface area (Å²) in [5, 5.41) is 0. The maximum atomic E-state index is 12.1. The first-order valence-electron chi connectivity index (χ1n) is 5.36. The maximum absolute atomic E-state index is 12.1. The van der Waals surface area contributed by atoms with Gasteiger partial charge in [0.25, 0.3) is 0 Å². The van der Waals surface area contributed by atoms with Gasteiger partial charge < -0.3 is 4.74 Å². The fourth-order valence-electron chi connectivity index (χ4n) is 1.87. The summed E-state index contributed by atoms with van der Waals surface area (Å²) in [4.78, 5) is 8.32. The number of para-hydroxylation sites is 1. The number of sulfone groups is 1. The molecule has 1 aromatic carbocycles. The highest BCUT2D eigenvalue weighted by molar-refractivity contribution is 7.91. The Kier molecular flexibility index (Phi) is 2.34. The molecule has 3 rings (SSSR count). The summed E-state index contributed by atoms with van der Waals surface area (Å²) < 4.78 is 29.5. The Hall–Kier alpha value is -1.95. The van der Waals surface area contributed by atoms with Crippen molar-refractivity contribution in [3.8, 4) is 17.0 Å². The van der Waals surface area contributed by atoms with E-state index in [1.807, 2.05) is 6.07 Å². The number of aromatic nitrogens is 2. The Labute approximate surface area is 104 Å². The Morgan fingerprint density at radius 1 is 1.28 bits per heavy atom. The van der Waals surface area contributed by atoms with Crippen LogP contribution in [0.25, 0.3) is 11.3 Å². The van der Waals surface area contributed by atoms with Gasteiger partial charge in [0.1, 0.15) is 16.5 Å². The van der Waals surface area contributed by atoms with Crippen molar-refractivity contribution in [1.82, 2.24) is 9.97 Å². The average Bonchev–Trinajstić information content (AvgIpc) is 2.46. The third-order valence-electron chi connectivity index (χ3n) is 2.72. The molecule has 0 spiro atoms. The molecule has 1 aliphatic heterocycles. The van der Waals surface area contributed by atoms with Crippen molar-refractivity contribution in [2.75, 3.05) is 5.94 Å². The van der Waals surface area contributed by atoms with Gasteiger partial charge in [0.05, 0.1) is 11.9 Å². The molecule has 0 N–H and O–H groups in total. The SMILES string of the molecule is Cc1ncc2c(n1)-c1ccccc1OCS2(=O)=O. The number of nitrogens with zero attached hydrogens (tertiary/aromatic N) is 2. The van der Waals surface area contributed by atoms with E-state index >= 15 is 0 Å². The minimum Gasteiger partial charge on any atom is -0.477 e. The number of hydrogen-bond acceptors (Lipinski definition) is 5. The smallest absolute Gasteiger partial charge is 0.216 e. The second kappa shape index (κ2) is 3.78. The van der Waals surface area contributed by atoms with Gasteiger partial charge in [0.2, 0.25) is 9.84 Å². The molecule has 2 heterocycles. The summed E-state index contributed by atoms with van der Waals surface area (Å²) in [5.41, 5.74) is 1.09. The van der Waals surface area contributed by atoms with Gasteiger partial charge in [-0.3, -0.25) is 0 Å². The van der Waals surface area contributed by atoms with Crippen molar-refractivity contribution in [2.24, 2.45) is 0 Å². The summed E-state index contributed by atoms with van der Waals surface area (Å²) >= 11 is 0. The first-order valence-corrected chi connectivity index (χ1v) is 7.02. The van der Waals surface area contributed by atoms with Crippen LogP contribution < -0.4 is 4.74 Å². The Balaban J connectivity index is 2.40. The Bertz CT molecular complexity index is 726. The van der Waals surface area contributed by atoms with Gasteiger partial charge in [-0.1, -0.05) is 12.1 Å². The van der Waals surface area contributed by atoms with Gasteiger partial charge in [-0.05, 0) is 19.1 Å². The van der Waals surface area contributed by atoms with Gasteiger partial charge in [-0.2, -0.15) is 0 Å². The standard InChI is InChI=1S/C12H10N2O3S/c1-8-13-6-11-12(14-8)9-4-2-3-5-10(9)17-7-18(11,15)16/h2-6H,7H2,1H3. The first-order chi connectivity index (χ1) is 8.58. The Morgan fingerprint density at radius 2 is 2.06 bits per heavy atom. The van der Waals surface area contributed by atoms with E-state index in [1.54, 1.807) is 25.1 Å². The fourth-order valence-corrected chi connectivity index (χ4v) is 2.94. The third-order valence-corrected chi connectivity index (χ3v) is 4.12. The molecule has 0 saturated heterocycles. The lowest BCUT2D eigenvalue weighted by Crippen LogP contribution is -2.11. The first kappa shape index (κ1) is 11.2. The maximum Gasteiger partial charge on any atom is 0.216 e. The number of ether oxygens (including phenoxy) is 1. The van der Waals surface area contributed by atoms with Crippen LogP contribution in [0.1, 0.15) is 5.82 Å². The second-order valence-electron chi connectivity index (χ2n) is 4.00. The van der Waals surface area contributed by atoms with Crippen LogP contribution in [-0.4, -0.2) is 24.3 Å². The topological polar surface area (TPSA) is 69.2 Å². The number of rotatable bonds is 0. The number of benzene rings is 1. The van der Waals surface area contributed by atoms with E-state index < -0.39 is 9.84 Å². The highest BCUT2D eigenvalue weighted by Crippen LogP contribution is 2.36. The molecular formula is C12H10N2O3S. The molecule has 0 saturated carbocycles. The van der Waals surface area contributed by atoms with Crippen LogP contribution in [0, 0.1) is 6.92 Å². The number of hydrogen-bond donors (Lipinski definition) is 0. The van der Waals surface area contributed by atoms with Crippen molar-refractivity contribution >= 4 is 9.84 Å². The quantitative estimate of drug-likeness (QED) is 0.721. The molecule has 1 aromatic heterocycles. The molecule has 0 aliphatic carbocycles. The van der Waals surface area contributed by atoms with Crippen molar-refractivity contribution < 1.29 is 13.2 Å². The van der Waals surface area contributed by atoms with E-state index in [4.69, 9.17) is 4.74 Å². The summed E-state index contributed by atoms with van der Waals surface area (Å²) in [6.45, 7) is 1.72. The van der Waals surface area contributed by atoms with Crippen LogP contribution in [0.15, 0.2) is 35.4 Å². The Morgan fingerprint density at radius 3 is 2.89 bits per heavy atom. The minimum absolute atomic E-state index is 0.123. The lowest BCUT2D eigenvalue weighted by atomic mass is 10.1. The molecular weight excluding hydrogens is 252 g/mol. The van der Waals surface area contributed by atoms with Gasteiger partial charge in [-0.25, -0.2) is 18.4 Å². The molecule has 5 nitrogen and oxygen atoms in total. The zero-order chi connectivity index (χ0) is 12.8. The normalized spacial score (nSPS) is 16.1. The van der Waals surface area contributed by atoms with Crippen molar-refractivity contribution in [1.29, 1.82) is 0 Å². The fraction of sp³-hybridized carbons (Fsp3) is 0.167. The van der Waals surface area contributed by atoms with Gasteiger partial charge in [0.15, 0.2) is 5.94 Å². The van der Waals surface area contributed by atoms with E-state index in [0.29, 0.717) is 22.8 Å². The summed E-state index contributed by atoms with van der Waals surface area (Å²) in [5.74, 6) is 0.669. The second-order valence-corrected chi connectivity index (χ2v) is 5.91. The van der Waals surface area contributed by atoms with E-state index in [9.17, 15) is 8.42 Å². The predicted octanol–water partition coefficient (Wildman–Crippen LogP) is 1.58. The van der Waals surface area contributed by atoms with E-state index in [-0.39, 0.29) is 10.8 Å². The largest absolute Gasteiger partial charge is 0.477 e. The summed E-state index contributed by atoms with van der Waals surface area (Å²) in [6.07, 6.45) is 1.35. The molecule has 0 bridgehead atoms. The van der Waals surface area contributed by atoms with Crippen LogP contribution in [0.3, 0.4) is 0 Å². The molecule has 0 atom stereocenters. The highest BCUT2D eigenvalue weighted by Gasteiger charge is 2.27. The average molecular weight is 262 g/mol. The van der Waals surface area contributed by atoms with E-state index in [0.717, 1.165) is 0 Å². The van der Waals surface area contributed by atoms with Crippen LogP contribution in [0.2, 0.25) is 0 Å². The molecule has 6 heteroatoms. The van der Waals surface area contributed by atoms with Crippen molar-refractivity contribution in [2.45, 2.75) is 11.8 Å². The molecule has 18 heavy (non-hydrogen) atoms. The minimum atomic E-state index is -3.51. The zero-order valence-corrected chi connectivity index (χ0v) is 10.4. The van der Waals surface area contributed by atoms with Crippen molar-refractivity contribution in [3.05, 3.63) is 36.3 Å². The molecule has 2 aromatic rings. The summed E-state index contributed by atoms with van der Waals surface area (Å²) in [6, 6.07) is 7.14. The molecule has 0 unspecified atom stereocenters. The monoisotopic (exact) mass is 262 g/mol. The zero-order valence-electron chi connectivity index (χ0n) is 9.62. The van der Waals surface area contributed by atoms with Crippen LogP contribution in [0.5, 0.6) is 5.75 Å². The van der Waals surface area contributed by atoms with E-state index in [2.05, 4.69) is 9.97 Å². The lowest BCUT2D eigenvalue weighted by molar-refractivity contribution is 0.380. The molecule has 0 radical (unpaired) electrons. The lowest BCUT2D eigenvalue weighted by Gasteiger charge is -2.06. The predicted molar refractivity (Wildman–Crippen MR) is 64.9 cm³/mol. The van der Waals surface area contributed by atoms with Gasteiger partial charge in [-0.15, -0.1) is 0 Å². The number of aryl methyl sites for hydroxylation is 1. The number of fused-ring (bicyclic) bond motifs is 3. The third kappa shape index (κ3) is 1.65. The van der Waals surface area contributed by atoms with Crippen LogP contribution in [-0.2, 0) is 9.84 Å². The van der Waals surface area contributed by atoms with Crippen LogP contribution in [0.4, 0.5) is 0 Å². The molecule has 1 aliphatic rings. The van der Waals surface area contributed by atoms with Gasteiger partial charge in [0, 0.05) is 5.56 Å². The molecule has 0 fully saturated rings. The highest BCUT2D eigenvalue weighted by atomic mass is 32.2. The summed E-state index contributed by atoms with van der Waals surface area (Å²) in [7, 11) is -3.51.